The molecule has 0 amide bonds. The van der Waals surface area contributed by atoms with E-state index < -0.39 is 0 Å². The third kappa shape index (κ3) is 2.31. The van der Waals surface area contributed by atoms with Crippen LogP contribution < -0.4 is 0 Å². The van der Waals surface area contributed by atoms with Crippen LogP contribution in [0.15, 0.2) is 12.1 Å². The zero-order chi connectivity index (χ0) is 11.9. The van der Waals surface area contributed by atoms with Crippen molar-refractivity contribution in [2.24, 2.45) is 5.92 Å². The number of ketones is 1. The topological polar surface area (TPSA) is 30.0 Å². The minimum absolute atomic E-state index is 0.0757. The van der Waals surface area contributed by atoms with Crippen molar-refractivity contribution in [1.29, 1.82) is 0 Å². The maximum Gasteiger partial charge on any atom is 0.184 e. The molecular formula is C14H19NO. The summed E-state index contributed by atoms with van der Waals surface area (Å²) in [6.45, 7) is 8.44. The second-order valence-corrected chi connectivity index (χ2v) is 5.77. The normalized spacial score (nSPS) is 16.2. The molecule has 0 bridgehead atoms. The summed E-state index contributed by atoms with van der Waals surface area (Å²) in [6, 6.07) is 4.04. The van der Waals surface area contributed by atoms with Crippen molar-refractivity contribution >= 4 is 5.78 Å². The van der Waals surface area contributed by atoms with E-state index in [0.717, 1.165) is 18.5 Å². The van der Waals surface area contributed by atoms with Crippen molar-refractivity contribution in [3.05, 3.63) is 29.1 Å². The van der Waals surface area contributed by atoms with E-state index in [2.05, 4.69) is 31.8 Å². The van der Waals surface area contributed by atoms with Gasteiger partial charge in [0.1, 0.15) is 5.69 Å². The van der Waals surface area contributed by atoms with Crippen LogP contribution >= 0.6 is 0 Å². The van der Waals surface area contributed by atoms with E-state index in [1.165, 1.54) is 5.56 Å². The van der Waals surface area contributed by atoms with Gasteiger partial charge >= 0.3 is 0 Å². The van der Waals surface area contributed by atoms with Gasteiger partial charge in [0.05, 0.1) is 0 Å². The molecule has 0 atom stereocenters. The first kappa shape index (κ1) is 11.3. The standard InChI is InChI=1S/C14H19NO/c1-9-7-11(14(2,3)4)8-12(15-9)13(16)10-5-6-10/h7-8,10H,5-6H2,1-4H3. The lowest BCUT2D eigenvalue weighted by Gasteiger charge is -2.20. The number of pyridine rings is 1. The first-order chi connectivity index (χ1) is 7.38. The van der Waals surface area contributed by atoms with Gasteiger partial charge in [-0.1, -0.05) is 20.8 Å². The summed E-state index contributed by atoms with van der Waals surface area (Å²) < 4.78 is 0. The highest BCUT2D eigenvalue weighted by Gasteiger charge is 2.32. The molecule has 1 aromatic rings. The summed E-state index contributed by atoms with van der Waals surface area (Å²) in [5.41, 5.74) is 2.87. The highest BCUT2D eigenvalue weighted by atomic mass is 16.1. The third-order valence-corrected chi connectivity index (χ3v) is 3.02. The number of aromatic nitrogens is 1. The predicted octanol–water partition coefficient (Wildman–Crippen LogP) is 3.28. The molecule has 1 aliphatic carbocycles. The Morgan fingerprint density at radius 1 is 1.31 bits per heavy atom. The van der Waals surface area contributed by atoms with Gasteiger partial charge in [-0.05, 0) is 42.9 Å². The van der Waals surface area contributed by atoms with Crippen LogP contribution in [0.4, 0.5) is 0 Å². The van der Waals surface area contributed by atoms with Gasteiger partial charge in [-0.2, -0.15) is 0 Å². The lowest BCUT2D eigenvalue weighted by Crippen LogP contribution is -2.15. The van der Waals surface area contributed by atoms with Crippen LogP contribution in [0.3, 0.4) is 0 Å². The SMILES string of the molecule is Cc1cc(C(C)(C)C)cc(C(=O)C2CC2)n1. The molecule has 1 aliphatic rings. The summed E-state index contributed by atoms with van der Waals surface area (Å²) in [5, 5.41) is 0. The number of carbonyl (C=O) groups excluding carboxylic acids is 1. The van der Waals surface area contributed by atoms with Gasteiger partial charge in [0.25, 0.3) is 0 Å². The number of hydrogen-bond acceptors (Lipinski definition) is 2. The molecule has 0 spiro atoms. The Morgan fingerprint density at radius 3 is 2.44 bits per heavy atom. The number of Topliss-reactive ketones (excluding diaryl/α,β-unsaturated/α-hetero) is 1. The van der Waals surface area contributed by atoms with Crippen LogP contribution in [0, 0.1) is 12.8 Å². The highest BCUT2D eigenvalue weighted by molar-refractivity contribution is 5.97. The van der Waals surface area contributed by atoms with Crippen LogP contribution in [0.1, 0.15) is 55.4 Å². The Labute approximate surface area is 97.1 Å². The van der Waals surface area contributed by atoms with Crippen molar-refractivity contribution in [2.75, 3.05) is 0 Å². The molecule has 1 saturated carbocycles. The lowest BCUT2D eigenvalue weighted by molar-refractivity contribution is 0.0962. The quantitative estimate of drug-likeness (QED) is 0.711. The second kappa shape index (κ2) is 3.69. The Hall–Kier alpha value is -1.18. The fraction of sp³-hybridized carbons (Fsp3) is 0.571. The van der Waals surface area contributed by atoms with Gasteiger partial charge in [-0.15, -0.1) is 0 Å². The molecule has 0 saturated heterocycles. The molecule has 1 heterocycles. The number of carbonyl (C=O) groups is 1. The van der Waals surface area contributed by atoms with E-state index in [0.29, 0.717) is 5.69 Å². The highest BCUT2D eigenvalue weighted by Crippen LogP contribution is 2.33. The fourth-order valence-corrected chi connectivity index (χ4v) is 1.78. The van der Waals surface area contributed by atoms with E-state index in [1.54, 1.807) is 0 Å². The summed E-state index contributed by atoms with van der Waals surface area (Å²) in [5.74, 6) is 0.483. The summed E-state index contributed by atoms with van der Waals surface area (Å²) in [4.78, 5) is 16.3. The third-order valence-electron chi connectivity index (χ3n) is 3.02. The van der Waals surface area contributed by atoms with Crippen molar-refractivity contribution < 1.29 is 4.79 Å². The Morgan fingerprint density at radius 2 is 1.94 bits per heavy atom. The lowest BCUT2D eigenvalue weighted by atomic mass is 9.86. The van der Waals surface area contributed by atoms with Gasteiger partial charge in [0, 0.05) is 11.6 Å². The molecule has 0 unspecified atom stereocenters. The van der Waals surface area contributed by atoms with Crippen LogP contribution in [-0.2, 0) is 5.41 Å². The van der Waals surface area contributed by atoms with E-state index in [9.17, 15) is 4.79 Å². The van der Waals surface area contributed by atoms with Gasteiger partial charge in [-0.3, -0.25) is 4.79 Å². The van der Waals surface area contributed by atoms with E-state index in [-0.39, 0.29) is 17.1 Å². The van der Waals surface area contributed by atoms with Gasteiger partial charge < -0.3 is 0 Å². The van der Waals surface area contributed by atoms with Crippen LogP contribution in [0.25, 0.3) is 0 Å². The van der Waals surface area contributed by atoms with Crippen molar-refractivity contribution in [1.82, 2.24) is 4.98 Å². The zero-order valence-electron chi connectivity index (χ0n) is 10.5. The summed E-state index contributed by atoms with van der Waals surface area (Å²) in [6.07, 6.45) is 2.08. The van der Waals surface area contributed by atoms with Crippen molar-refractivity contribution in [2.45, 2.75) is 46.0 Å². The van der Waals surface area contributed by atoms with Crippen molar-refractivity contribution in [3.8, 4) is 0 Å². The molecule has 0 aromatic carbocycles. The number of hydrogen-bond donors (Lipinski definition) is 0. The maximum absolute atomic E-state index is 12.0. The summed E-state index contributed by atoms with van der Waals surface area (Å²) >= 11 is 0. The molecule has 2 rings (SSSR count). The van der Waals surface area contributed by atoms with E-state index in [4.69, 9.17) is 0 Å². The van der Waals surface area contributed by atoms with Gasteiger partial charge in [-0.25, -0.2) is 4.98 Å². The first-order valence-electron chi connectivity index (χ1n) is 5.91. The Balaban J connectivity index is 2.39. The molecule has 16 heavy (non-hydrogen) atoms. The number of aryl methyl sites for hydroxylation is 1. The van der Waals surface area contributed by atoms with E-state index >= 15 is 0 Å². The molecule has 0 N–H and O–H groups in total. The Bertz CT molecular complexity index is 425. The Kier molecular flexibility index (Phi) is 2.61. The van der Waals surface area contributed by atoms with Crippen LogP contribution in [-0.4, -0.2) is 10.8 Å². The molecule has 2 nitrogen and oxygen atoms in total. The molecule has 86 valence electrons. The largest absolute Gasteiger partial charge is 0.292 e. The van der Waals surface area contributed by atoms with Crippen LogP contribution in [0.5, 0.6) is 0 Å². The smallest absolute Gasteiger partial charge is 0.184 e. The minimum atomic E-state index is 0.0757. The molecular weight excluding hydrogens is 198 g/mol. The second-order valence-electron chi connectivity index (χ2n) is 5.77. The molecule has 0 radical (unpaired) electrons. The molecule has 0 aliphatic heterocycles. The molecule has 2 heteroatoms. The molecule has 1 fully saturated rings. The monoisotopic (exact) mass is 217 g/mol. The fourth-order valence-electron chi connectivity index (χ4n) is 1.78. The average Bonchev–Trinajstić information content (AvgIpc) is 2.97. The summed E-state index contributed by atoms with van der Waals surface area (Å²) in [7, 11) is 0. The minimum Gasteiger partial charge on any atom is -0.292 e. The van der Waals surface area contributed by atoms with E-state index in [1.807, 2.05) is 13.0 Å². The van der Waals surface area contributed by atoms with Gasteiger partial charge in [0.2, 0.25) is 0 Å². The first-order valence-corrected chi connectivity index (χ1v) is 5.91. The zero-order valence-corrected chi connectivity index (χ0v) is 10.5. The average molecular weight is 217 g/mol. The maximum atomic E-state index is 12.0. The predicted molar refractivity (Wildman–Crippen MR) is 64.7 cm³/mol. The number of nitrogens with zero attached hydrogens (tertiary/aromatic N) is 1. The number of rotatable bonds is 2. The van der Waals surface area contributed by atoms with Crippen molar-refractivity contribution in [3.63, 3.8) is 0 Å². The van der Waals surface area contributed by atoms with Crippen LogP contribution in [0.2, 0.25) is 0 Å². The molecule has 1 aromatic heterocycles. The van der Waals surface area contributed by atoms with Gasteiger partial charge in [0.15, 0.2) is 5.78 Å².